The molecule has 0 aliphatic rings. The molecule has 0 saturated carbocycles. The van der Waals surface area contributed by atoms with Crippen molar-refractivity contribution in [2.75, 3.05) is 0 Å². The monoisotopic (exact) mass is 380 g/mol. The Bertz CT molecular complexity index is 1270. The highest BCUT2D eigenvalue weighted by Crippen LogP contribution is 2.28. The predicted octanol–water partition coefficient (Wildman–Crippen LogP) is 5.54. The molecular formula is C25H20N2O2. The van der Waals surface area contributed by atoms with Crippen LogP contribution in [0.3, 0.4) is 0 Å². The third-order valence-corrected chi connectivity index (χ3v) is 5.54. The topological polar surface area (TPSA) is 66.0 Å². The summed E-state index contributed by atoms with van der Waals surface area (Å²) in [5.74, 6) is -0.912. The van der Waals surface area contributed by atoms with Crippen molar-refractivity contribution >= 4 is 16.9 Å². The van der Waals surface area contributed by atoms with E-state index in [0.29, 0.717) is 17.7 Å². The zero-order valence-electron chi connectivity index (χ0n) is 16.3. The van der Waals surface area contributed by atoms with Crippen LogP contribution < -0.4 is 0 Å². The first-order chi connectivity index (χ1) is 14.0. The van der Waals surface area contributed by atoms with Crippen LogP contribution in [0.15, 0.2) is 66.7 Å². The van der Waals surface area contributed by atoms with E-state index in [0.717, 1.165) is 38.9 Å². The van der Waals surface area contributed by atoms with Gasteiger partial charge in [0.1, 0.15) is 0 Å². The minimum Gasteiger partial charge on any atom is -0.478 e. The second kappa shape index (κ2) is 7.29. The average Bonchev–Trinajstić information content (AvgIpc) is 2.98. The molecule has 142 valence electrons. The Kier molecular flexibility index (Phi) is 4.66. The molecule has 0 bridgehead atoms. The first-order valence-electron chi connectivity index (χ1n) is 9.41. The molecule has 0 saturated heterocycles. The smallest absolute Gasteiger partial charge is 0.335 e. The molecule has 0 fully saturated rings. The first kappa shape index (κ1) is 18.5. The van der Waals surface area contributed by atoms with Crippen molar-refractivity contribution in [1.82, 2.24) is 4.57 Å². The van der Waals surface area contributed by atoms with Gasteiger partial charge in [-0.1, -0.05) is 42.5 Å². The van der Waals surface area contributed by atoms with E-state index < -0.39 is 5.97 Å². The van der Waals surface area contributed by atoms with E-state index in [1.807, 2.05) is 49.4 Å². The minimum absolute atomic E-state index is 0.304. The maximum Gasteiger partial charge on any atom is 0.335 e. The van der Waals surface area contributed by atoms with E-state index in [4.69, 9.17) is 0 Å². The number of rotatable bonds is 4. The number of aromatic carboxylic acids is 1. The number of aromatic nitrogens is 1. The van der Waals surface area contributed by atoms with Crippen LogP contribution in [0.5, 0.6) is 0 Å². The summed E-state index contributed by atoms with van der Waals surface area (Å²) in [6.07, 6.45) is 0. The number of hydrogen-bond acceptors (Lipinski definition) is 2. The average molecular weight is 380 g/mol. The van der Waals surface area contributed by atoms with Gasteiger partial charge < -0.3 is 9.67 Å². The molecule has 4 aromatic rings. The fourth-order valence-electron chi connectivity index (χ4n) is 3.79. The molecular weight excluding hydrogens is 360 g/mol. The number of carboxylic acid groups (broad SMARTS) is 1. The molecule has 0 aliphatic carbocycles. The SMILES string of the molecule is Cc1c(C)n(Cc2ccc(-c3ccccc3C#N)cc2)c2ccc(C(=O)O)cc12. The third kappa shape index (κ3) is 3.28. The standard InChI is InChI=1S/C25H20N2O2/c1-16-17(2)27(24-12-11-20(25(28)29)13-23(16)24)15-18-7-9-19(10-8-18)22-6-4-3-5-21(22)14-26/h3-13H,15H2,1-2H3,(H,28,29). The van der Waals surface area contributed by atoms with E-state index in [1.165, 1.54) is 0 Å². The van der Waals surface area contributed by atoms with Crippen molar-refractivity contribution in [3.63, 3.8) is 0 Å². The molecule has 0 unspecified atom stereocenters. The van der Waals surface area contributed by atoms with Gasteiger partial charge in [-0.15, -0.1) is 0 Å². The van der Waals surface area contributed by atoms with Crippen LogP contribution in [0.2, 0.25) is 0 Å². The Morgan fingerprint density at radius 2 is 1.76 bits per heavy atom. The zero-order chi connectivity index (χ0) is 20.5. The molecule has 3 aromatic carbocycles. The van der Waals surface area contributed by atoms with Crippen LogP contribution in [0.1, 0.15) is 32.7 Å². The largest absolute Gasteiger partial charge is 0.478 e. The number of hydrogen-bond donors (Lipinski definition) is 1. The Hall–Kier alpha value is -3.84. The Balaban J connectivity index is 1.70. The quantitative estimate of drug-likeness (QED) is 0.505. The van der Waals surface area contributed by atoms with Gasteiger partial charge in [-0.2, -0.15) is 5.26 Å². The number of aryl methyl sites for hydroxylation is 1. The molecule has 0 atom stereocenters. The molecule has 0 aliphatic heterocycles. The molecule has 29 heavy (non-hydrogen) atoms. The summed E-state index contributed by atoms with van der Waals surface area (Å²) < 4.78 is 2.22. The maximum absolute atomic E-state index is 11.3. The number of fused-ring (bicyclic) bond motifs is 1. The molecule has 0 radical (unpaired) electrons. The second-order valence-electron chi connectivity index (χ2n) is 7.19. The highest BCUT2D eigenvalue weighted by molar-refractivity contribution is 5.95. The van der Waals surface area contributed by atoms with Gasteiger partial charge in [0.25, 0.3) is 0 Å². The van der Waals surface area contributed by atoms with Crippen LogP contribution in [-0.2, 0) is 6.54 Å². The van der Waals surface area contributed by atoms with Crippen LogP contribution in [0.4, 0.5) is 0 Å². The molecule has 1 aromatic heterocycles. The van der Waals surface area contributed by atoms with Gasteiger partial charge in [0.15, 0.2) is 0 Å². The van der Waals surface area contributed by atoms with Crippen LogP contribution in [0, 0.1) is 25.2 Å². The van der Waals surface area contributed by atoms with E-state index in [1.54, 1.807) is 12.1 Å². The lowest BCUT2D eigenvalue weighted by Gasteiger charge is -2.10. The number of benzene rings is 3. The highest BCUT2D eigenvalue weighted by Gasteiger charge is 2.14. The van der Waals surface area contributed by atoms with E-state index in [9.17, 15) is 15.2 Å². The van der Waals surface area contributed by atoms with Gasteiger partial charge in [0.05, 0.1) is 17.2 Å². The maximum atomic E-state index is 11.3. The number of carboxylic acids is 1. The summed E-state index contributed by atoms with van der Waals surface area (Å²) in [5.41, 5.74) is 7.32. The summed E-state index contributed by atoms with van der Waals surface area (Å²) in [4.78, 5) is 11.3. The zero-order valence-corrected chi connectivity index (χ0v) is 16.3. The molecule has 0 amide bonds. The first-order valence-corrected chi connectivity index (χ1v) is 9.41. The van der Waals surface area contributed by atoms with Gasteiger partial charge >= 0.3 is 5.97 Å². The fourth-order valence-corrected chi connectivity index (χ4v) is 3.79. The summed E-state index contributed by atoms with van der Waals surface area (Å²) >= 11 is 0. The number of nitrogens with zero attached hydrogens (tertiary/aromatic N) is 2. The van der Waals surface area contributed by atoms with Crippen molar-refractivity contribution < 1.29 is 9.90 Å². The van der Waals surface area contributed by atoms with E-state index in [-0.39, 0.29) is 0 Å². The second-order valence-corrected chi connectivity index (χ2v) is 7.19. The van der Waals surface area contributed by atoms with Crippen LogP contribution >= 0.6 is 0 Å². The van der Waals surface area contributed by atoms with Crippen LogP contribution in [0.25, 0.3) is 22.0 Å². The normalized spacial score (nSPS) is 10.8. The van der Waals surface area contributed by atoms with Crippen molar-refractivity contribution in [3.8, 4) is 17.2 Å². The summed E-state index contributed by atoms with van der Waals surface area (Å²) in [6.45, 7) is 4.79. The molecule has 0 spiro atoms. The molecule has 4 heteroatoms. The summed E-state index contributed by atoms with van der Waals surface area (Å²) in [5, 5.41) is 19.6. The third-order valence-electron chi connectivity index (χ3n) is 5.54. The van der Waals surface area contributed by atoms with Crippen molar-refractivity contribution in [2.24, 2.45) is 0 Å². The fraction of sp³-hybridized carbons (Fsp3) is 0.120. The molecule has 1 N–H and O–H groups in total. The number of carbonyl (C=O) groups is 1. The Morgan fingerprint density at radius 1 is 1.03 bits per heavy atom. The highest BCUT2D eigenvalue weighted by atomic mass is 16.4. The van der Waals surface area contributed by atoms with Crippen molar-refractivity contribution in [3.05, 3.63) is 94.7 Å². The van der Waals surface area contributed by atoms with Crippen LogP contribution in [-0.4, -0.2) is 15.6 Å². The lowest BCUT2D eigenvalue weighted by atomic mass is 9.99. The van der Waals surface area contributed by atoms with Crippen molar-refractivity contribution in [2.45, 2.75) is 20.4 Å². The van der Waals surface area contributed by atoms with E-state index in [2.05, 4.69) is 29.7 Å². The molecule has 4 rings (SSSR count). The molecule has 4 nitrogen and oxygen atoms in total. The van der Waals surface area contributed by atoms with Gasteiger partial charge in [-0.25, -0.2) is 4.79 Å². The van der Waals surface area contributed by atoms with Crippen molar-refractivity contribution in [1.29, 1.82) is 5.26 Å². The van der Waals surface area contributed by atoms with Gasteiger partial charge in [-0.05, 0) is 60.4 Å². The Labute approximate surface area is 169 Å². The lowest BCUT2D eigenvalue weighted by molar-refractivity contribution is 0.0697. The minimum atomic E-state index is -0.912. The van der Waals surface area contributed by atoms with Gasteiger partial charge in [-0.3, -0.25) is 0 Å². The van der Waals surface area contributed by atoms with Gasteiger partial charge in [0, 0.05) is 23.1 Å². The lowest BCUT2D eigenvalue weighted by Crippen LogP contribution is -2.02. The van der Waals surface area contributed by atoms with E-state index >= 15 is 0 Å². The summed E-state index contributed by atoms with van der Waals surface area (Å²) in [6, 6.07) is 23.4. The number of nitriles is 1. The van der Waals surface area contributed by atoms with Gasteiger partial charge in [0.2, 0.25) is 0 Å². The predicted molar refractivity (Wildman–Crippen MR) is 114 cm³/mol. The molecule has 1 heterocycles. The Morgan fingerprint density at radius 3 is 2.45 bits per heavy atom. The summed E-state index contributed by atoms with van der Waals surface area (Å²) in [7, 11) is 0.